The van der Waals surface area contributed by atoms with Crippen LogP contribution in [0.4, 0.5) is 4.79 Å². The Morgan fingerprint density at radius 1 is 0.929 bits per heavy atom. The molecule has 1 atom stereocenters. The molecule has 4 aromatic rings. The monoisotopic (exact) mass is 587 g/mol. The molecular formula is C33H37N3O5S. The van der Waals surface area contributed by atoms with Gasteiger partial charge in [-0.05, 0) is 61.3 Å². The predicted molar refractivity (Wildman–Crippen MR) is 164 cm³/mol. The van der Waals surface area contributed by atoms with Crippen LogP contribution in [0.5, 0.6) is 0 Å². The molecule has 0 aliphatic carbocycles. The number of aromatic nitrogens is 1. The van der Waals surface area contributed by atoms with Crippen molar-refractivity contribution in [1.82, 2.24) is 14.2 Å². The average molecular weight is 588 g/mol. The first-order valence-electron chi connectivity index (χ1n) is 14.4. The summed E-state index contributed by atoms with van der Waals surface area (Å²) in [7, 11) is -3.96. The highest BCUT2D eigenvalue weighted by Crippen LogP contribution is 2.27. The van der Waals surface area contributed by atoms with Gasteiger partial charge >= 0.3 is 6.09 Å². The van der Waals surface area contributed by atoms with Crippen molar-refractivity contribution in [3.8, 4) is 0 Å². The number of likely N-dealkylation sites (tertiary alicyclic amines) is 1. The van der Waals surface area contributed by atoms with Gasteiger partial charge in [-0.1, -0.05) is 78.9 Å². The van der Waals surface area contributed by atoms with Crippen molar-refractivity contribution >= 4 is 32.9 Å². The first kappa shape index (κ1) is 29.4. The Morgan fingerprint density at radius 3 is 2.33 bits per heavy atom. The summed E-state index contributed by atoms with van der Waals surface area (Å²) in [5.74, 6) is -1.17. The number of nitrogens with one attached hydrogen (secondary N) is 1. The molecular weight excluding hydrogens is 550 g/mol. The van der Waals surface area contributed by atoms with E-state index >= 15 is 0 Å². The van der Waals surface area contributed by atoms with E-state index in [9.17, 15) is 18.0 Å². The topological polar surface area (TPSA) is 97.7 Å². The van der Waals surface area contributed by atoms with Gasteiger partial charge in [0.1, 0.15) is 12.3 Å². The van der Waals surface area contributed by atoms with E-state index in [0.717, 1.165) is 34.9 Å². The van der Waals surface area contributed by atoms with Crippen LogP contribution in [0.1, 0.15) is 46.4 Å². The molecule has 220 valence electrons. The smallest absolute Gasteiger partial charge is 0.410 e. The van der Waals surface area contributed by atoms with Gasteiger partial charge in [-0.3, -0.25) is 4.79 Å². The van der Waals surface area contributed by atoms with E-state index in [1.54, 1.807) is 4.90 Å². The number of rotatable bonds is 10. The molecule has 1 aliphatic rings. The number of ether oxygens (including phenoxy) is 1. The van der Waals surface area contributed by atoms with Crippen molar-refractivity contribution in [3.05, 3.63) is 107 Å². The average Bonchev–Trinajstić information content (AvgIpc) is 3.28. The van der Waals surface area contributed by atoms with Crippen LogP contribution in [0.3, 0.4) is 0 Å². The standard InChI is InChI=1S/C33H37N3O5S/c1-25-29-18-8-9-19-30(29)36(21-11-16-26-12-4-2-5-13-26)31(25)32(37)34-42(39,40)24-28-17-10-20-35(22-28)33(38)41-23-27-14-6-3-7-15-27/h2-9,12-15,18-19,28H,10-11,16-17,20-24H2,1H3,(H,34,37)/t28-/m0/s1. The van der Waals surface area contributed by atoms with Gasteiger partial charge in [-0.25, -0.2) is 17.9 Å². The second kappa shape index (κ2) is 13.2. The van der Waals surface area contributed by atoms with Gasteiger partial charge in [0.25, 0.3) is 5.91 Å². The molecule has 0 saturated carbocycles. The number of aryl methyl sites for hydroxylation is 3. The first-order chi connectivity index (χ1) is 20.3. The lowest BCUT2D eigenvalue weighted by molar-refractivity contribution is 0.0811. The SMILES string of the molecule is Cc1c(C(=O)NS(=O)(=O)C[C@H]2CCCN(C(=O)OCc3ccccc3)C2)n(CCCc2ccccc2)c2ccccc12. The van der Waals surface area contributed by atoms with Crippen LogP contribution in [-0.4, -0.2) is 48.7 Å². The molecule has 2 heterocycles. The molecule has 42 heavy (non-hydrogen) atoms. The zero-order chi connectivity index (χ0) is 29.5. The molecule has 5 rings (SSSR count). The minimum absolute atomic E-state index is 0.161. The van der Waals surface area contributed by atoms with Crippen LogP contribution in [0.2, 0.25) is 0 Å². The molecule has 9 heteroatoms. The van der Waals surface area contributed by atoms with Crippen LogP contribution in [0.25, 0.3) is 10.9 Å². The maximum absolute atomic E-state index is 13.5. The molecule has 0 bridgehead atoms. The van der Waals surface area contributed by atoms with Gasteiger partial charge in [-0.15, -0.1) is 0 Å². The van der Waals surface area contributed by atoms with Crippen LogP contribution < -0.4 is 4.72 Å². The van der Waals surface area contributed by atoms with Crippen LogP contribution >= 0.6 is 0 Å². The number of piperidine rings is 1. The van der Waals surface area contributed by atoms with Gasteiger partial charge < -0.3 is 14.2 Å². The zero-order valence-electron chi connectivity index (χ0n) is 23.9. The Kier molecular flexibility index (Phi) is 9.27. The van der Waals surface area contributed by atoms with Gasteiger partial charge in [0.05, 0.1) is 5.75 Å². The third kappa shape index (κ3) is 7.20. The number of carbonyl (C=O) groups is 2. The summed E-state index contributed by atoms with van der Waals surface area (Å²) in [6.45, 7) is 3.38. The summed E-state index contributed by atoms with van der Waals surface area (Å²) in [6.07, 6.45) is 2.51. The molecule has 0 unspecified atom stereocenters. The van der Waals surface area contributed by atoms with Gasteiger partial charge in [0.2, 0.25) is 10.0 Å². The normalized spacial score (nSPS) is 15.5. The fourth-order valence-electron chi connectivity index (χ4n) is 5.81. The summed E-state index contributed by atoms with van der Waals surface area (Å²) in [5, 5.41) is 0.927. The molecule has 8 nitrogen and oxygen atoms in total. The Balaban J connectivity index is 1.24. The highest BCUT2D eigenvalue weighted by atomic mass is 32.2. The zero-order valence-corrected chi connectivity index (χ0v) is 24.7. The number of nitrogens with zero attached hydrogens (tertiary/aromatic N) is 2. The first-order valence-corrected chi connectivity index (χ1v) is 16.1. The van der Waals surface area contributed by atoms with E-state index in [-0.39, 0.29) is 24.8 Å². The highest BCUT2D eigenvalue weighted by molar-refractivity contribution is 7.90. The summed E-state index contributed by atoms with van der Waals surface area (Å²) in [4.78, 5) is 27.8. The second-order valence-electron chi connectivity index (χ2n) is 10.9. The highest BCUT2D eigenvalue weighted by Gasteiger charge is 2.30. The van der Waals surface area contributed by atoms with Crippen molar-refractivity contribution in [1.29, 1.82) is 0 Å². The molecule has 1 fully saturated rings. The Morgan fingerprint density at radius 2 is 1.60 bits per heavy atom. The molecule has 1 saturated heterocycles. The molecule has 2 amide bonds. The Hall–Kier alpha value is -4.11. The lowest BCUT2D eigenvalue weighted by Gasteiger charge is -2.31. The van der Waals surface area contributed by atoms with Crippen molar-refractivity contribution in [2.24, 2.45) is 5.92 Å². The summed E-state index contributed by atoms with van der Waals surface area (Å²) in [5.41, 5.74) is 4.12. The van der Waals surface area contributed by atoms with Crippen molar-refractivity contribution in [2.45, 2.75) is 45.8 Å². The largest absolute Gasteiger partial charge is 0.445 e. The lowest BCUT2D eigenvalue weighted by atomic mass is 10.0. The van der Waals surface area contributed by atoms with E-state index in [1.807, 2.05) is 84.3 Å². The number of fused-ring (bicyclic) bond motifs is 1. The van der Waals surface area contributed by atoms with Crippen LogP contribution in [0, 0.1) is 12.8 Å². The van der Waals surface area contributed by atoms with Crippen molar-refractivity contribution < 1.29 is 22.7 Å². The minimum Gasteiger partial charge on any atom is -0.445 e. The van der Waals surface area contributed by atoms with E-state index in [4.69, 9.17) is 4.74 Å². The minimum atomic E-state index is -3.96. The summed E-state index contributed by atoms with van der Waals surface area (Å²) in [6, 6.07) is 27.3. The van der Waals surface area contributed by atoms with E-state index in [1.165, 1.54) is 5.56 Å². The fraction of sp³-hybridized carbons (Fsp3) is 0.333. The predicted octanol–water partition coefficient (Wildman–Crippen LogP) is 5.69. The lowest BCUT2D eigenvalue weighted by Crippen LogP contribution is -2.44. The number of para-hydroxylation sites is 1. The van der Waals surface area contributed by atoms with Gasteiger partial charge in [-0.2, -0.15) is 0 Å². The molecule has 3 aromatic carbocycles. The third-order valence-corrected chi connectivity index (χ3v) is 9.22. The van der Waals surface area contributed by atoms with Crippen LogP contribution in [0.15, 0.2) is 84.9 Å². The summed E-state index contributed by atoms with van der Waals surface area (Å²) >= 11 is 0. The molecule has 1 N–H and O–H groups in total. The van der Waals surface area contributed by atoms with E-state index in [0.29, 0.717) is 31.6 Å². The third-order valence-electron chi connectivity index (χ3n) is 7.81. The van der Waals surface area contributed by atoms with E-state index in [2.05, 4.69) is 16.9 Å². The van der Waals surface area contributed by atoms with Gasteiger partial charge in [0, 0.05) is 30.5 Å². The van der Waals surface area contributed by atoms with Gasteiger partial charge in [0.15, 0.2) is 0 Å². The quantitative estimate of drug-likeness (QED) is 0.257. The number of sulfonamides is 1. The molecule has 1 aromatic heterocycles. The fourth-order valence-corrected chi connectivity index (χ4v) is 7.16. The molecule has 0 spiro atoms. The Labute approximate surface area is 247 Å². The van der Waals surface area contributed by atoms with Crippen molar-refractivity contribution in [2.75, 3.05) is 18.8 Å². The summed E-state index contributed by atoms with van der Waals surface area (Å²) < 4.78 is 36.2. The maximum atomic E-state index is 13.5. The number of amides is 2. The number of hydrogen-bond donors (Lipinski definition) is 1. The van der Waals surface area contributed by atoms with Crippen molar-refractivity contribution in [3.63, 3.8) is 0 Å². The van der Waals surface area contributed by atoms with Crippen LogP contribution in [-0.2, 0) is 34.3 Å². The number of hydrogen-bond acceptors (Lipinski definition) is 5. The maximum Gasteiger partial charge on any atom is 0.410 e. The number of benzene rings is 3. The van der Waals surface area contributed by atoms with E-state index < -0.39 is 22.0 Å². The number of carbonyl (C=O) groups excluding carboxylic acids is 2. The molecule has 1 aliphatic heterocycles. The second-order valence-corrected chi connectivity index (χ2v) is 12.7. The molecule has 0 radical (unpaired) electrons. The Bertz CT molecular complexity index is 1630.